The van der Waals surface area contributed by atoms with E-state index in [4.69, 9.17) is 16.6 Å². The topological polar surface area (TPSA) is 84.4 Å². The number of nitrogens with one attached hydrogen (secondary N) is 1. The molecule has 5 rings (SSSR count). The molecule has 3 heterocycles. The van der Waals surface area contributed by atoms with Crippen LogP contribution in [0.2, 0.25) is 0 Å². The van der Waals surface area contributed by atoms with Gasteiger partial charge in [-0.1, -0.05) is 18.9 Å². The number of hydrogen-bond donors (Lipinski definition) is 1. The highest BCUT2D eigenvalue weighted by molar-refractivity contribution is 7.80. The molecule has 1 aliphatic carbocycles. The van der Waals surface area contributed by atoms with Crippen molar-refractivity contribution in [2.75, 3.05) is 0 Å². The van der Waals surface area contributed by atoms with Gasteiger partial charge in [0.05, 0.1) is 16.7 Å². The molecule has 1 aliphatic heterocycles. The number of nitrogens with zero attached hydrogens (tertiary/aromatic N) is 3. The smallest absolute Gasteiger partial charge is 0.269 e. The van der Waals surface area contributed by atoms with E-state index in [2.05, 4.69) is 15.2 Å². The Hall–Kier alpha value is -3.26. The van der Waals surface area contributed by atoms with Crippen LogP contribution in [-0.4, -0.2) is 26.0 Å². The van der Waals surface area contributed by atoms with E-state index in [0.29, 0.717) is 11.8 Å². The zero-order chi connectivity index (χ0) is 21.4. The van der Waals surface area contributed by atoms with E-state index in [0.717, 1.165) is 35.0 Å². The van der Waals surface area contributed by atoms with Crippen molar-refractivity contribution >= 4 is 23.0 Å². The molecule has 0 unspecified atom stereocenters. The minimum Gasteiger partial charge on any atom is -0.459 e. The lowest BCUT2D eigenvalue weighted by molar-refractivity contribution is -0.384. The van der Waals surface area contributed by atoms with Crippen LogP contribution in [-0.2, 0) is 0 Å². The van der Waals surface area contributed by atoms with Crippen LogP contribution in [0.25, 0.3) is 11.3 Å². The number of aromatic nitrogens is 1. The fourth-order valence-corrected chi connectivity index (χ4v) is 5.05. The third kappa shape index (κ3) is 3.67. The van der Waals surface area contributed by atoms with Crippen molar-refractivity contribution in [3.63, 3.8) is 0 Å². The summed E-state index contributed by atoms with van der Waals surface area (Å²) in [7, 11) is 0. The summed E-state index contributed by atoms with van der Waals surface area (Å²) in [6.45, 7) is 0. The van der Waals surface area contributed by atoms with Gasteiger partial charge in [-0.25, -0.2) is 0 Å². The Labute approximate surface area is 185 Å². The summed E-state index contributed by atoms with van der Waals surface area (Å²) in [4.78, 5) is 17.4. The maximum absolute atomic E-state index is 10.9. The number of thiocarbonyl (C=S) groups is 1. The molecule has 2 aliphatic rings. The molecule has 158 valence electrons. The van der Waals surface area contributed by atoms with Crippen LogP contribution < -0.4 is 5.32 Å². The highest BCUT2D eigenvalue weighted by Gasteiger charge is 2.45. The summed E-state index contributed by atoms with van der Waals surface area (Å²) in [6, 6.07) is 16.4. The Morgan fingerprint density at radius 1 is 1.10 bits per heavy atom. The van der Waals surface area contributed by atoms with E-state index in [9.17, 15) is 10.1 Å². The molecule has 1 N–H and O–H groups in total. The fourth-order valence-electron chi connectivity index (χ4n) is 4.66. The van der Waals surface area contributed by atoms with Crippen molar-refractivity contribution in [3.8, 4) is 11.3 Å². The molecule has 31 heavy (non-hydrogen) atoms. The third-order valence-corrected chi connectivity index (χ3v) is 6.46. The highest BCUT2D eigenvalue weighted by atomic mass is 32.1. The summed E-state index contributed by atoms with van der Waals surface area (Å²) < 4.78 is 6.30. The predicted octanol–water partition coefficient (Wildman–Crippen LogP) is 5.16. The zero-order valence-corrected chi connectivity index (χ0v) is 17.6. The summed E-state index contributed by atoms with van der Waals surface area (Å²) >= 11 is 5.75. The molecular weight excluding hydrogens is 412 g/mol. The Morgan fingerprint density at radius 2 is 1.87 bits per heavy atom. The maximum Gasteiger partial charge on any atom is 0.269 e. The second-order valence-corrected chi connectivity index (χ2v) is 8.36. The standard InChI is InChI=1S/C23H22N4O3S/c28-27(29)17-10-8-15(9-11-17)19-12-13-20(30-19)22-21(18-7-3-4-14-24-18)25-23(31)26(22)16-5-1-2-6-16/h3-4,7-14,16,21-22H,1-2,5-6H2,(H,25,31)/t21-,22-/m0/s1. The van der Waals surface area contributed by atoms with Gasteiger partial charge in [-0.2, -0.15) is 0 Å². The number of non-ortho nitro benzene ring substituents is 1. The molecule has 8 heteroatoms. The molecule has 0 amide bonds. The second kappa shape index (κ2) is 8.11. The molecule has 1 saturated heterocycles. The lowest BCUT2D eigenvalue weighted by atomic mass is 10.0. The van der Waals surface area contributed by atoms with Gasteiger partial charge in [-0.3, -0.25) is 15.1 Å². The van der Waals surface area contributed by atoms with Crippen molar-refractivity contribution in [2.45, 2.75) is 43.8 Å². The third-order valence-electron chi connectivity index (χ3n) is 6.13. The summed E-state index contributed by atoms with van der Waals surface area (Å²) in [5.74, 6) is 1.48. The summed E-state index contributed by atoms with van der Waals surface area (Å²) in [5, 5.41) is 15.2. The SMILES string of the molecule is O=[N+]([O-])c1ccc(-c2ccc([C@H]3[C@H](c4ccccn4)NC(=S)N3C3CCCC3)o2)cc1. The molecule has 1 saturated carbocycles. The monoisotopic (exact) mass is 434 g/mol. The fraction of sp³-hybridized carbons (Fsp3) is 0.304. The lowest BCUT2D eigenvalue weighted by Gasteiger charge is -2.31. The molecule has 0 spiro atoms. The van der Waals surface area contributed by atoms with Crippen molar-refractivity contribution < 1.29 is 9.34 Å². The number of nitro benzene ring substituents is 1. The number of nitro groups is 1. The zero-order valence-electron chi connectivity index (χ0n) is 16.8. The Morgan fingerprint density at radius 3 is 2.55 bits per heavy atom. The van der Waals surface area contributed by atoms with E-state index in [1.54, 1.807) is 18.3 Å². The van der Waals surface area contributed by atoms with Crippen LogP contribution in [0, 0.1) is 10.1 Å². The molecule has 2 fully saturated rings. The van der Waals surface area contributed by atoms with E-state index in [-0.39, 0.29) is 17.8 Å². The Bertz CT molecular complexity index is 1090. The van der Waals surface area contributed by atoms with Gasteiger partial charge in [0.25, 0.3) is 5.69 Å². The molecule has 2 aromatic heterocycles. The number of benzene rings is 1. The van der Waals surface area contributed by atoms with Crippen LogP contribution in [0.15, 0.2) is 65.2 Å². The van der Waals surface area contributed by atoms with Gasteiger partial charge in [0.15, 0.2) is 5.11 Å². The van der Waals surface area contributed by atoms with Gasteiger partial charge in [-0.15, -0.1) is 0 Å². The first-order chi connectivity index (χ1) is 15.1. The van der Waals surface area contributed by atoms with Crippen molar-refractivity contribution in [3.05, 3.63) is 82.4 Å². The Balaban J connectivity index is 1.51. The highest BCUT2D eigenvalue weighted by Crippen LogP contribution is 2.44. The van der Waals surface area contributed by atoms with E-state index in [1.807, 2.05) is 30.3 Å². The number of hydrogen-bond acceptors (Lipinski definition) is 5. The molecule has 2 atom stereocenters. The Kier molecular flexibility index (Phi) is 5.15. The average Bonchev–Trinajstić information content (AvgIpc) is 3.54. The predicted molar refractivity (Wildman–Crippen MR) is 120 cm³/mol. The molecule has 3 aromatic rings. The maximum atomic E-state index is 10.9. The summed E-state index contributed by atoms with van der Waals surface area (Å²) in [5.41, 5.74) is 1.78. The molecule has 0 bridgehead atoms. The van der Waals surface area contributed by atoms with Crippen LogP contribution in [0.1, 0.15) is 49.2 Å². The van der Waals surface area contributed by atoms with E-state index in [1.165, 1.54) is 25.0 Å². The quantitative estimate of drug-likeness (QED) is 0.337. The van der Waals surface area contributed by atoms with Crippen molar-refractivity contribution in [1.29, 1.82) is 0 Å². The van der Waals surface area contributed by atoms with Gasteiger partial charge < -0.3 is 14.6 Å². The van der Waals surface area contributed by atoms with Gasteiger partial charge in [0.2, 0.25) is 0 Å². The van der Waals surface area contributed by atoms with E-state index < -0.39 is 4.92 Å². The van der Waals surface area contributed by atoms with Crippen LogP contribution >= 0.6 is 12.2 Å². The lowest BCUT2D eigenvalue weighted by Crippen LogP contribution is -2.37. The largest absolute Gasteiger partial charge is 0.459 e. The number of rotatable bonds is 5. The minimum atomic E-state index is -0.403. The first-order valence-electron chi connectivity index (χ1n) is 10.5. The van der Waals surface area contributed by atoms with Crippen LogP contribution in [0.4, 0.5) is 5.69 Å². The van der Waals surface area contributed by atoms with Gasteiger partial charge in [0.1, 0.15) is 17.6 Å². The van der Waals surface area contributed by atoms with Crippen molar-refractivity contribution in [2.24, 2.45) is 0 Å². The number of furan rings is 1. The number of pyridine rings is 1. The second-order valence-electron chi connectivity index (χ2n) is 7.98. The van der Waals surface area contributed by atoms with E-state index >= 15 is 0 Å². The molecule has 0 radical (unpaired) electrons. The van der Waals surface area contributed by atoms with Gasteiger partial charge >= 0.3 is 0 Å². The minimum absolute atomic E-state index is 0.0588. The van der Waals surface area contributed by atoms with Gasteiger partial charge in [0, 0.05) is 29.9 Å². The van der Waals surface area contributed by atoms with Gasteiger partial charge in [-0.05, 0) is 61.5 Å². The molecular formula is C23H22N4O3S. The normalized spacial score (nSPS) is 21.4. The summed E-state index contributed by atoms with van der Waals surface area (Å²) in [6.07, 6.45) is 6.43. The first kappa shape index (κ1) is 19.7. The van der Waals surface area contributed by atoms with Crippen LogP contribution in [0.5, 0.6) is 0 Å². The van der Waals surface area contributed by atoms with Crippen LogP contribution in [0.3, 0.4) is 0 Å². The van der Waals surface area contributed by atoms with Crippen molar-refractivity contribution in [1.82, 2.24) is 15.2 Å². The first-order valence-corrected chi connectivity index (χ1v) is 10.9. The molecule has 1 aromatic carbocycles. The average molecular weight is 435 g/mol. The molecule has 7 nitrogen and oxygen atoms in total.